The number of rotatable bonds is 7. The summed E-state index contributed by atoms with van der Waals surface area (Å²) in [5.74, 6) is -0.845. The van der Waals surface area contributed by atoms with Gasteiger partial charge in [-0.1, -0.05) is 33.3 Å². The number of allylic oxidation sites excluding steroid dienone is 1. The molecule has 0 aromatic heterocycles. The second-order valence-electron chi connectivity index (χ2n) is 5.94. The van der Waals surface area contributed by atoms with E-state index in [1.54, 1.807) is 6.08 Å². The van der Waals surface area contributed by atoms with Gasteiger partial charge in [-0.05, 0) is 33.6 Å². The lowest BCUT2D eigenvalue weighted by atomic mass is 10.1. The Morgan fingerprint density at radius 2 is 1.80 bits per heavy atom. The third-order valence-electron chi connectivity index (χ3n) is 2.73. The zero-order valence-corrected chi connectivity index (χ0v) is 13.6. The predicted octanol–water partition coefficient (Wildman–Crippen LogP) is 3.64. The van der Waals surface area contributed by atoms with E-state index in [9.17, 15) is 9.59 Å². The first kappa shape index (κ1) is 18.7. The van der Waals surface area contributed by atoms with Crippen LogP contribution in [0.1, 0.15) is 60.8 Å². The first-order chi connectivity index (χ1) is 9.21. The summed E-state index contributed by atoms with van der Waals surface area (Å²) < 4.78 is 10.5. The van der Waals surface area contributed by atoms with Crippen LogP contribution in [-0.2, 0) is 19.1 Å². The largest absolute Gasteiger partial charge is 0.460 e. The maximum absolute atomic E-state index is 12.0. The Morgan fingerprint density at radius 1 is 1.20 bits per heavy atom. The van der Waals surface area contributed by atoms with Gasteiger partial charge in [0.1, 0.15) is 12.2 Å². The zero-order chi connectivity index (χ0) is 15.8. The number of ether oxygens (including phenoxy) is 2. The van der Waals surface area contributed by atoms with Crippen LogP contribution in [0.15, 0.2) is 11.6 Å². The molecular weight excluding hydrogens is 256 g/mol. The van der Waals surface area contributed by atoms with Crippen molar-refractivity contribution in [1.82, 2.24) is 0 Å². The maximum atomic E-state index is 12.0. The summed E-state index contributed by atoms with van der Waals surface area (Å²) in [6, 6.07) is 0. The van der Waals surface area contributed by atoms with Crippen molar-refractivity contribution < 1.29 is 19.1 Å². The fourth-order valence-electron chi connectivity index (χ4n) is 1.32. The second kappa shape index (κ2) is 8.77. The number of esters is 2. The van der Waals surface area contributed by atoms with Crippen LogP contribution in [0, 0.1) is 5.92 Å². The lowest BCUT2D eigenvalue weighted by Gasteiger charge is -2.21. The highest BCUT2D eigenvalue weighted by Gasteiger charge is 2.21. The summed E-state index contributed by atoms with van der Waals surface area (Å²) in [6.45, 7) is 11.2. The van der Waals surface area contributed by atoms with E-state index in [-0.39, 0.29) is 18.5 Å². The Hall–Kier alpha value is -1.32. The van der Waals surface area contributed by atoms with Gasteiger partial charge in [0, 0.05) is 0 Å². The van der Waals surface area contributed by atoms with Crippen LogP contribution < -0.4 is 0 Å². The average molecular weight is 284 g/mol. The summed E-state index contributed by atoms with van der Waals surface area (Å²) in [6.07, 6.45) is 4.19. The lowest BCUT2D eigenvalue weighted by molar-refractivity contribution is -0.152. The van der Waals surface area contributed by atoms with Crippen molar-refractivity contribution in [3.63, 3.8) is 0 Å². The molecule has 116 valence electrons. The number of unbranched alkanes of at least 4 members (excludes halogenated alkanes) is 1. The van der Waals surface area contributed by atoms with Gasteiger partial charge in [-0.25, -0.2) is 4.79 Å². The molecule has 0 N–H and O–H groups in total. The van der Waals surface area contributed by atoms with E-state index in [0.717, 1.165) is 19.3 Å². The lowest BCUT2D eigenvalue weighted by Crippen LogP contribution is -2.27. The van der Waals surface area contributed by atoms with Crippen molar-refractivity contribution in [2.45, 2.75) is 66.4 Å². The van der Waals surface area contributed by atoms with E-state index in [2.05, 4.69) is 0 Å². The monoisotopic (exact) mass is 284 g/mol. The highest BCUT2D eigenvalue weighted by molar-refractivity contribution is 5.89. The molecule has 0 rings (SSSR count). The minimum absolute atomic E-state index is 0.0158. The Balaban J connectivity index is 4.66. The summed E-state index contributed by atoms with van der Waals surface area (Å²) in [4.78, 5) is 23.7. The molecule has 0 aromatic carbocycles. The van der Waals surface area contributed by atoms with Crippen LogP contribution in [0.2, 0.25) is 0 Å². The molecule has 0 amide bonds. The van der Waals surface area contributed by atoms with E-state index in [1.165, 1.54) is 0 Å². The topological polar surface area (TPSA) is 52.6 Å². The van der Waals surface area contributed by atoms with Crippen LogP contribution in [-0.4, -0.2) is 24.1 Å². The molecule has 0 radical (unpaired) electrons. The standard InChI is InChI=1S/C16H28O4/c1-7-9-10-13(15(18)20-16(4,5)6)11-19-14(17)12(3)8-2/h10,12H,7-9,11H2,1-6H3. The number of hydrogen-bond acceptors (Lipinski definition) is 4. The molecule has 0 bridgehead atoms. The van der Waals surface area contributed by atoms with E-state index >= 15 is 0 Å². The molecule has 0 spiro atoms. The molecule has 0 heterocycles. The Bertz CT molecular complexity index is 350. The number of hydrogen-bond donors (Lipinski definition) is 0. The van der Waals surface area contributed by atoms with Crippen LogP contribution in [0.5, 0.6) is 0 Å². The number of carbonyl (C=O) groups is 2. The van der Waals surface area contributed by atoms with Crippen molar-refractivity contribution in [3.05, 3.63) is 11.6 Å². The van der Waals surface area contributed by atoms with Gasteiger partial charge in [0.05, 0.1) is 11.5 Å². The van der Waals surface area contributed by atoms with Gasteiger partial charge in [-0.3, -0.25) is 4.79 Å². The van der Waals surface area contributed by atoms with E-state index < -0.39 is 11.6 Å². The molecule has 0 saturated carbocycles. The van der Waals surface area contributed by atoms with Crippen molar-refractivity contribution in [2.24, 2.45) is 5.92 Å². The molecule has 0 aromatic rings. The fraction of sp³-hybridized carbons (Fsp3) is 0.750. The van der Waals surface area contributed by atoms with E-state index in [0.29, 0.717) is 5.57 Å². The van der Waals surface area contributed by atoms with Crippen LogP contribution in [0.25, 0.3) is 0 Å². The highest BCUT2D eigenvalue weighted by atomic mass is 16.6. The molecule has 1 unspecified atom stereocenters. The highest BCUT2D eigenvalue weighted by Crippen LogP contribution is 2.13. The molecule has 0 aliphatic heterocycles. The van der Waals surface area contributed by atoms with Crippen molar-refractivity contribution >= 4 is 11.9 Å². The predicted molar refractivity (Wildman–Crippen MR) is 79.3 cm³/mol. The van der Waals surface area contributed by atoms with Gasteiger partial charge in [0.15, 0.2) is 0 Å². The molecule has 4 heteroatoms. The van der Waals surface area contributed by atoms with E-state index in [1.807, 2.05) is 41.5 Å². The van der Waals surface area contributed by atoms with Gasteiger partial charge in [-0.15, -0.1) is 0 Å². The zero-order valence-electron chi connectivity index (χ0n) is 13.6. The quantitative estimate of drug-likeness (QED) is 0.529. The molecule has 1 atom stereocenters. The third kappa shape index (κ3) is 7.97. The SMILES string of the molecule is CCCC=C(COC(=O)C(C)CC)C(=O)OC(C)(C)C. The normalized spacial score (nSPS) is 13.8. The third-order valence-corrected chi connectivity index (χ3v) is 2.73. The van der Waals surface area contributed by atoms with Crippen molar-refractivity contribution in [2.75, 3.05) is 6.61 Å². The Morgan fingerprint density at radius 3 is 2.25 bits per heavy atom. The van der Waals surface area contributed by atoms with Gasteiger partial charge < -0.3 is 9.47 Å². The minimum atomic E-state index is -0.552. The molecular formula is C16H28O4. The summed E-state index contributed by atoms with van der Waals surface area (Å²) >= 11 is 0. The number of carbonyl (C=O) groups excluding carboxylic acids is 2. The van der Waals surface area contributed by atoms with Crippen LogP contribution >= 0.6 is 0 Å². The van der Waals surface area contributed by atoms with Gasteiger partial charge in [0.25, 0.3) is 0 Å². The van der Waals surface area contributed by atoms with Gasteiger partial charge in [0.2, 0.25) is 0 Å². The smallest absolute Gasteiger partial charge is 0.337 e. The van der Waals surface area contributed by atoms with Gasteiger partial charge in [-0.2, -0.15) is 0 Å². The molecule has 4 nitrogen and oxygen atoms in total. The Labute approximate surface area is 122 Å². The molecule has 0 saturated heterocycles. The maximum Gasteiger partial charge on any atom is 0.337 e. The summed E-state index contributed by atoms with van der Waals surface area (Å²) in [7, 11) is 0. The average Bonchev–Trinajstić information content (AvgIpc) is 2.35. The van der Waals surface area contributed by atoms with Crippen molar-refractivity contribution in [3.8, 4) is 0 Å². The van der Waals surface area contributed by atoms with E-state index in [4.69, 9.17) is 9.47 Å². The van der Waals surface area contributed by atoms with Crippen LogP contribution in [0.3, 0.4) is 0 Å². The second-order valence-corrected chi connectivity index (χ2v) is 5.94. The van der Waals surface area contributed by atoms with Crippen molar-refractivity contribution in [1.29, 1.82) is 0 Å². The summed E-state index contributed by atoms with van der Waals surface area (Å²) in [5.41, 5.74) is -0.137. The molecule has 20 heavy (non-hydrogen) atoms. The molecule has 0 aliphatic carbocycles. The summed E-state index contributed by atoms with van der Waals surface area (Å²) in [5, 5.41) is 0. The first-order valence-electron chi connectivity index (χ1n) is 7.30. The van der Waals surface area contributed by atoms with Gasteiger partial charge >= 0.3 is 11.9 Å². The Kier molecular flexibility index (Phi) is 8.19. The molecule has 0 aliphatic rings. The molecule has 0 fully saturated rings. The minimum Gasteiger partial charge on any atom is -0.460 e. The first-order valence-corrected chi connectivity index (χ1v) is 7.30. The fourth-order valence-corrected chi connectivity index (χ4v) is 1.32. The van der Waals surface area contributed by atoms with Crippen LogP contribution in [0.4, 0.5) is 0 Å².